The van der Waals surface area contributed by atoms with Gasteiger partial charge in [-0.15, -0.1) is 0 Å². The molecule has 2 saturated heterocycles. The van der Waals surface area contributed by atoms with Crippen LogP contribution in [0.3, 0.4) is 0 Å². The smallest absolute Gasteiger partial charge is 0.290 e. The number of fused-ring (bicyclic) bond motifs is 1. The number of hydrogen-bond donors (Lipinski definition) is 3. The van der Waals surface area contributed by atoms with Crippen molar-refractivity contribution < 1.29 is 33.7 Å². The lowest BCUT2D eigenvalue weighted by molar-refractivity contribution is -0.123. The predicted molar refractivity (Wildman–Crippen MR) is 106 cm³/mol. The minimum absolute atomic E-state index is 0.174. The number of likely N-dealkylation sites (tertiary alicyclic amines) is 2. The third kappa shape index (κ3) is 6.20. The van der Waals surface area contributed by atoms with E-state index in [4.69, 9.17) is 19.8 Å². The van der Waals surface area contributed by atoms with Crippen LogP contribution >= 0.6 is 0 Å². The van der Waals surface area contributed by atoms with Gasteiger partial charge in [0.15, 0.2) is 0 Å². The summed E-state index contributed by atoms with van der Waals surface area (Å²) in [6.45, 7) is 3.75. The molecule has 1 aromatic rings. The third-order valence-electron chi connectivity index (χ3n) is 6.24. The van der Waals surface area contributed by atoms with E-state index in [0.29, 0.717) is 18.4 Å². The van der Waals surface area contributed by atoms with Gasteiger partial charge < -0.3 is 15.3 Å². The van der Waals surface area contributed by atoms with E-state index in [1.165, 1.54) is 31.0 Å². The first kappa shape index (κ1) is 24.2. The van der Waals surface area contributed by atoms with Crippen LogP contribution in [0.4, 0.5) is 8.78 Å². The van der Waals surface area contributed by atoms with Crippen LogP contribution in [0.15, 0.2) is 18.2 Å². The van der Waals surface area contributed by atoms with Crippen LogP contribution in [-0.2, 0) is 16.1 Å². The zero-order valence-electron chi connectivity index (χ0n) is 16.9. The summed E-state index contributed by atoms with van der Waals surface area (Å²) in [5, 5.41) is 24.3. The number of hydrogen-bond acceptors (Lipinski definition) is 5. The Morgan fingerprint density at radius 3 is 2.00 bits per heavy atom. The number of carboxylic acid groups (broad SMARTS) is 2. The average Bonchev–Trinajstić information content (AvgIpc) is 3.35. The molecule has 3 N–H and O–H groups in total. The summed E-state index contributed by atoms with van der Waals surface area (Å²) in [7, 11) is 0. The standard InChI is InChI=1S/C19H26F2N2O.2CH2O2/c20-16-4-3-5-17(21)15(16)12-22-10-13-8-18(23-6-1-2-7-23)19(24)9-14(13)11-22;2*2-1-3/h3-5,13-14,18-19,24H,1-2,6-12H2;2*1H,(H,2,3)/t13-,14+,18-,19-;;/m1../s1. The summed E-state index contributed by atoms with van der Waals surface area (Å²) in [4.78, 5) is 21.3. The van der Waals surface area contributed by atoms with Crippen molar-refractivity contribution in [1.29, 1.82) is 0 Å². The fraction of sp³-hybridized carbons (Fsp3) is 0.619. The molecule has 1 aliphatic carbocycles. The Morgan fingerprint density at radius 1 is 0.967 bits per heavy atom. The Labute approximate surface area is 174 Å². The second-order valence-corrected chi connectivity index (χ2v) is 7.97. The van der Waals surface area contributed by atoms with E-state index in [1.807, 2.05) is 0 Å². The molecule has 0 amide bonds. The van der Waals surface area contributed by atoms with E-state index in [1.54, 1.807) is 0 Å². The van der Waals surface area contributed by atoms with Gasteiger partial charge in [-0.1, -0.05) is 6.07 Å². The summed E-state index contributed by atoms with van der Waals surface area (Å²) in [6.07, 6.45) is 4.05. The highest BCUT2D eigenvalue weighted by Crippen LogP contribution is 2.39. The van der Waals surface area contributed by atoms with Gasteiger partial charge in [-0.25, -0.2) is 8.78 Å². The van der Waals surface area contributed by atoms with Crippen LogP contribution in [0.5, 0.6) is 0 Å². The number of halogens is 2. The molecule has 0 unspecified atom stereocenters. The molecule has 0 aromatic heterocycles. The van der Waals surface area contributed by atoms with Crippen molar-refractivity contribution in [3.05, 3.63) is 35.4 Å². The number of nitrogens with zero attached hydrogens (tertiary/aromatic N) is 2. The highest BCUT2D eigenvalue weighted by atomic mass is 19.1. The molecular weight excluding hydrogens is 398 g/mol. The zero-order chi connectivity index (χ0) is 22.1. The molecule has 168 valence electrons. The first-order valence-corrected chi connectivity index (χ1v) is 10.2. The monoisotopic (exact) mass is 428 g/mol. The number of carbonyl (C=O) groups is 2. The molecule has 3 aliphatic rings. The van der Waals surface area contributed by atoms with Crippen molar-refractivity contribution in [2.45, 2.75) is 44.4 Å². The molecule has 3 fully saturated rings. The summed E-state index contributed by atoms with van der Waals surface area (Å²) < 4.78 is 27.8. The number of aliphatic hydroxyl groups excluding tert-OH is 1. The summed E-state index contributed by atoms with van der Waals surface area (Å²) in [6, 6.07) is 4.34. The van der Waals surface area contributed by atoms with Crippen LogP contribution in [-0.4, -0.2) is 76.4 Å². The Morgan fingerprint density at radius 2 is 1.47 bits per heavy atom. The second-order valence-electron chi connectivity index (χ2n) is 7.97. The van der Waals surface area contributed by atoms with Crippen molar-refractivity contribution in [2.75, 3.05) is 26.2 Å². The van der Waals surface area contributed by atoms with Gasteiger partial charge >= 0.3 is 0 Å². The summed E-state index contributed by atoms with van der Waals surface area (Å²) >= 11 is 0. The molecule has 1 saturated carbocycles. The second kappa shape index (κ2) is 11.9. The van der Waals surface area contributed by atoms with Crippen molar-refractivity contribution in [2.24, 2.45) is 11.8 Å². The lowest BCUT2D eigenvalue weighted by Gasteiger charge is -2.40. The molecular formula is C21H30F2N2O5. The van der Waals surface area contributed by atoms with Gasteiger partial charge in [0.25, 0.3) is 12.9 Å². The van der Waals surface area contributed by atoms with E-state index in [9.17, 15) is 13.9 Å². The van der Waals surface area contributed by atoms with E-state index < -0.39 is 11.6 Å². The molecule has 4 rings (SSSR count). The van der Waals surface area contributed by atoms with E-state index in [0.717, 1.165) is 39.0 Å². The van der Waals surface area contributed by atoms with E-state index in [-0.39, 0.29) is 30.7 Å². The van der Waals surface area contributed by atoms with Gasteiger partial charge in [0.2, 0.25) is 0 Å². The van der Waals surface area contributed by atoms with Gasteiger partial charge in [-0.3, -0.25) is 19.4 Å². The molecule has 30 heavy (non-hydrogen) atoms. The quantitative estimate of drug-likeness (QED) is 0.634. The van der Waals surface area contributed by atoms with Crippen LogP contribution in [0.1, 0.15) is 31.2 Å². The fourth-order valence-corrected chi connectivity index (χ4v) is 5.01. The van der Waals surface area contributed by atoms with Gasteiger partial charge in [0.05, 0.1) is 6.10 Å². The maximum atomic E-state index is 13.9. The van der Waals surface area contributed by atoms with Crippen LogP contribution < -0.4 is 0 Å². The first-order valence-electron chi connectivity index (χ1n) is 10.2. The minimum Gasteiger partial charge on any atom is -0.483 e. The molecule has 7 nitrogen and oxygen atoms in total. The summed E-state index contributed by atoms with van der Waals surface area (Å²) in [5.74, 6) is 0.0715. The van der Waals surface area contributed by atoms with Crippen LogP contribution in [0, 0.1) is 23.5 Å². The first-order chi connectivity index (χ1) is 14.4. The topological polar surface area (TPSA) is 101 Å². The number of aliphatic hydroxyl groups is 1. The third-order valence-corrected chi connectivity index (χ3v) is 6.24. The van der Waals surface area contributed by atoms with Crippen LogP contribution in [0.25, 0.3) is 0 Å². The molecule has 2 aliphatic heterocycles. The molecule has 1 aromatic carbocycles. The van der Waals surface area contributed by atoms with Crippen LogP contribution in [0.2, 0.25) is 0 Å². The SMILES string of the molecule is O=CO.O=CO.O[C@@H]1C[C@H]2CN(Cc3c(F)cccc3F)C[C@H]2C[C@H]1N1CCCC1. The fourth-order valence-electron chi connectivity index (χ4n) is 5.01. The summed E-state index contributed by atoms with van der Waals surface area (Å²) in [5.41, 5.74) is 0.174. The molecule has 0 bridgehead atoms. The van der Waals surface area contributed by atoms with E-state index in [2.05, 4.69) is 9.80 Å². The van der Waals surface area contributed by atoms with Gasteiger partial charge in [0, 0.05) is 31.2 Å². The van der Waals surface area contributed by atoms with Crippen molar-refractivity contribution in [3.63, 3.8) is 0 Å². The lowest BCUT2D eigenvalue weighted by atomic mass is 9.77. The molecule has 0 spiro atoms. The predicted octanol–water partition coefficient (Wildman–Crippen LogP) is 2.03. The minimum atomic E-state index is -0.458. The largest absolute Gasteiger partial charge is 0.483 e. The zero-order valence-corrected chi connectivity index (χ0v) is 16.9. The highest BCUT2D eigenvalue weighted by molar-refractivity contribution is 5.33. The molecule has 2 heterocycles. The van der Waals surface area contributed by atoms with Gasteiger partial charge in [0.1, 0.15) is 11.6 Å². The molecule has 0 radical (unpaired) electrons. The Bertz CT molecular complexity index is 661. The maximum absolute atomic E-state index is 13.9. The number of rotatable bonds is 3. The molecule has 4 atom stereocenters. The number of benzene rings is 1. The van der Waals surface area contributed by atoms with Crippen molar-refractivity contribution in [1.82, 2.24) is 9.80 Å². The Hall–Kier alpha value is -2.10. The lowest BCUT2D eigenvalue weighted by Crippen LogP contribution is -2.48. The highest BCUT2D eigenvalue weighted by Gasteiger charge is 2.43. The molecule has 9 heteroatoms. The van der Waals surface area contributed by atoms with Crippen molar-refractivity contribution >= 4 is 12.9 Å². The Kier molecular flexibility index (Phi) is 9.61. The normalized spacial score (nSPS) is 28.5. The maximum Gasteiger partial charge on any atom is 0.290 e. The Balaban J connectivity index is 0.000000480. The van der Waals surface area contributed by atoms with Crippen molar-refractivity contribution in [3.8, 4) is 0 Å². The van der Waals surface area contributed by atoms with Gasteiger partial charge in [-0.05, 0) is 62.7 Å². The average molecular weight is 428 g/mol. The van der Waals surface area contributed by atoms with Gasteiger partial charge in [-0.2, -0.15) is 0 Å². The van der Waals surface area contributed by atoms with E-state index >= 15 is 0 Å².